The number of halogens is 2. The molecule has 1 aliphatic carbocycles. The molecule has 0 aromatic carbocycles. The van der Waals surface area contributed by atoms with Gasteiger partial charge in [-0.2, -0.15) is 5.10 Å². The molecule has 8 nitrogen and oxygen atoms in total. The van der Waals surface area contributed by atoms with Crippen LogP contribution in [-0.2, 0) is 4.79 Å². The smallest absolute Gasteiger partial charge is 0.228 e. The fourth-order valence-corrected chi connectivity index (χ4v) is 2.74. The van der Waals surface area contributed by atoms with Gasteiger partial charge in [0.1, 0.15) is 12.1 Å². The van der Waals surface area contributed by atoms with E-state index in [0.717, 1.165) is 37.6 Å². The zero-order valence-corrected chi connectivity index (χ0v) is 15.9. The number of carbonyl (C=O) groups is 1. The van der Waals surface area contributed by atoms with Gasteiger partial charge in [0.2, 0.25) is 5.91 Å². The Bertz CT molecular complexity index is 615. The molecule has 0 radical (unpaired) electrons. The lowest BCUT2D eigenvalue weighted by Gasteiger charge is -2.26. The van der Waals surface area contributed by atoms with Crippen LogP contribution in [0.3, 0.4) is 0 Å². The molecule has 10 heteroatoms. The third kappa shape index (κ3) is 4.93. The van der Waals surface area contributed by atoms with Gasteiger partial charge in [-0.1, -0.05) is 0 Å². The molecule has 23 heavy (non-hydrogen) atoms. The number of hydrogen-bond donors (Lipinski definition) is 3. The average molecular weight is 454 g/mol. The van der Waals surface area contributed by atoms with Gasteiger partial charge in [0.25, 0.3) is 0 Å². The van der Waals surface area contributed by atoms with E-state index in [-0.39, 0.29) is 51.3 Å². The summed E-state index contributed by atoms with van der Waals surface area (Å²) in [4.78, 5) is 20.5. The van der Waals surface area contributed by atoms with Gasteiger partial charge in [-0.15, -0.1) is 34.0 Å². The van der Waals surface area contributed by atoms with Crippen molar-refractivity contribution in [3.05, 3.63) is 12.5 Å². The van der Waals surface area contributed by atoms with Crippen molar-refractivity contribution < 1.29 is 10.3 Å². The van der Waals surface area contributed by atoms with E-state index >= 15 is 0 Å². The molecule has 2 aromatic rings. The predicted molar refractivity (Wildman–Crippen MR) is 99.1 cm³/mol. The summed E-state index contributed by atoms with van der Waals surface area (Å²) in [5.74, 6) is 1.17. The standard InChI is InChI=1S/C13H18N6O.2BrH.H2O/c14-5-8-1-3-9(4-2-8)13(20)18-11-10-6-17-19-12(10)16-7-15-11;;;/h6-9H,1-5,14H2,(H2,15,16,17,18,19,20);2*1H;1H2. The van der Waals surface area contributed by atoms with Crippen LogP contribution in [0.2, 0.25) is 0 Å². The van der Waals surface area contributed by atoms with Gasteiger partial charge < -0.3 is 16.5 Å². The number of anilines is 1. The summed E-state index contributed by atoms with van der Waals surface area (Å²) < 4.78 is 0. The Balaban J connectivity index is 0.00000161. The number of aromatic nitrogens is 4. The van der Waals surface area contributed by atoms with Crippen molar-refractivity contribution >= 4 is 56.7 Å². The number of rotatable bonds is 3. The molecule has 1 fully saturated rings. The van der Waals surface area contributed by atoms with Crippen LogP contribution in [0.4, 0.5) is 5.82 Å². The van der Waals surface area contributed by atoms with E-state index in [1.54, 1.807) is 6.20 Å². The summed E-state index contributed by atoms with van der Waals surface area (Å²) in [5.41, 5.74) is 6.30. The lowest BCUT2D eigenvalue weighted by atomic mass is 9.81. The minimum Gasteiger partial charge on any atom is -0.412 e. The highest BCUT2D eigenvalue weighted by Gasteiger charge is 2.26. The van der Waals surface area contributed by atoms with Gasteiger partial charge in [0.15, 0.2) is 5.65 Å². The average Bonchev–Trinajstić information content (AvgIpc) is 2.97. The van der Waals surface area contributed by atoms with Crippen LogP contribution in [-0.4, -0.2) is 38.1 Å². The Morgan fingerprint density at radius 1 is 1.26 bits per heavy atom. The largest absolute Gasteiger partial charge is 0.412 e. The molecule has 0 spiro atoms. The van der Waals surface area contributed by atoms with Gasteiger partial charge in [-0.3, -0.25) is 9.89 Å². The van der Waals surface area contributed by atoms with Gasteiger partial charge in [0, 0.05) is 5.92 Å². The highest BCUT2D eigenvalue weighted by molar-refractivity contribution is 8.93. The number of carbonyl (C=O) groups excluding carboxylic acids is 1. The second-order valence-corrected chi connectivity index (χ2v) is 5.30. The monoisotopic (exact) mass is 452 g/mol. The van der Waals surface area contributed by atoms with Crippen molar-refractivity contribution in [2.24, 2.45) is 17.6 Å². The molecule has 1 saturated carbocycles. The quantitative estimate of drug-likeness (QED) is 0.643. The molecule has 2 aromatic heterocycles. The molecule has 0 bridgehead atoms. The minimum atomic E-state index is 0. The molecule has 6 N–H and O–H groups in total. The van der Waals surface area contributed by atoms with Crippen LogP contribution < -0.4 is 11.1 Å². The van der Waals surface area contributed by atoms with Crippen molar-refractivity contribution in [1.29, 1.82) is 0 Å². The fraction of sp³-hybridized carbons (Fsp3) is 0.538. The highest BCUT2D eigenvalue weighted by Crippen LogP contribution is 2.29. The molecule has 130 valence electrons. The molecule has 0 atom stereocenters. The van der Waals surface area contributed by atoms with E-state index < -0.39 is 0 Å². The maximum absolute atomic E-state index is 12.3. The third-order valence-corrected chi connectivity index (χ3v) is 4.04. The predicted octanol–water partition coefficient (Wildman–Crippen LogP) is 1.39. The SMILES string of the molecule is Br.Br.NCC1CCC(C(=O)Nc2ncnc3[nH]ncc23)CC1.O. The maximum atomic E-state index is 12.3. The molecular weight excluding hydrogens is 432 g/mol. The fourth-order valence-electron chi connectivity index (χ4n) is 2.74. The summed E-state index contributed by atoms with van der Waals surface area (Å²) >= 11 is 0. The Hall–Kier alpha value is -1.10. The number of amides is 1. The molecule has 2 heterocycles. The Morgan fingerprint density at radius 2 is 1.96 bits per heavy atom. The zero-order valence-electron chi connectivity index (χ0n) is 12.5. The summed E-state index contributed by atoms with van der Waals surface area (Å²) in [6, 6.07) is 0. The zero-order chi connectivity index (χ0) is 13.9. The summed E-state index contributed by atoms with van der Waals surface area (Å²) in [5, 5.41) is 10.3. The number of nitrogens with two attached hydrogens (primary N) is 1. The van der Waals surface area contributed by atoms with E-state index in [1.807, 2.05) is 0 Å². The first-order valence-corrected chi connectivity index (χ1v) is 6.93. The first-order valence-electron chi connectivity index (χ1n) is 6.93. The van der Waals surface area contributed by atoms with Gasteiger partial charge in [0.05, 0.1) is 11.6 Å². The van der Waals surface area contributed by atoms with E-state index in [4.69, 9.17) is 5.73 Å². The molecule has 3 rings (SSSR count). The van der Waals surface area contributed by atoms with E-state index in [9.17, 15) is 4.79 Å². The Labute approximate surface area is 154 Å². The Morgan fingerprint density at radius 3 is 2.61 bits per heavy atom. The van der Waals surface area contributed by atoms with Gasteiger partial charge in [-0.25, -0.2) is 9.97 Å². The molecule has 0 aliphatic heterocycles. The molecule has 1 amide bonds. The topological polar surface area (TPSA) is 141 Å². The third-order valence-electron chi connectivity index (χ3n) is 4.04. The van der Waals surface area contributed by atoms with E-state index in [1.165, 1.54) is 6.33 Å². The lowest BCUT2D eigenvalue weighted by molar-refractivity contribution is -0.121. The first kappa shape index (κ1) is 21.9. The van der Waals surface area contributed by atoms with Crippen molar-refractivity contribution in [1.82, 2.24) is 20.2 Å². The number of fused-ring (bicyclic) bond motifs is 1. The second-order valence-electron chi connectivity index (χ2n) is 5.30. The van der Waals surface area contributed by atoms with Crippen LogP contribution >= 0.6 is 34.0 Å². The Kier molecular flexibility index (Phi) is 9.44. The van der Waals surface area contributed by atoms with Crippen LogP contribution in [0.25, 0.3) is 11.0 Å². The molecular formula is C13H22Br2N6O2. The van der Waals surface area contributed by atoms with E-state index in [2.05, 4.69) is 25.5 Å². The second kappa shape index (κ2) is 9.91. The van der Waals surface area contributed by atoms with Crippen molar-refractivity contribution in [2.45, 2.75) is 25.7 Å². The van der Waals surface area contributed by atoms with Crippen LogP contribution in [0, 0.1) is 11.8 Å². The van der Waals surface area contributed by atoms with Gasteiger partial charge in [-0.05, 0) is 38.1 Å². The van der Waals surface area contributed by atoms with Crippen LogP contribution in [0.1, 0.15) is 25.7 Å². The van der Waals surface area contributed by atoms with Crippen molar-refractivity contribution in [3.63, 3.8) is 0 Å². The number of nitrogens with zero attached hydrogens (tertiary/aromatic N) is 3. The number of aromatic amines is 1. The minimum absolute atomic E-state index is 0. The lowest BCUT2D eigenvalue weighted by Crippen LogP contribution is -2.29. The summed E-state index contributed by atoms with van der Waals surface area (Å²) in [6.07, 6.45) is 6.89. The number of hydrogen-bond acceptors (Lipinski definition) is 5. The molecule has 1 aliphatic rings. The summed E-state index contributed by atoms with van der Waals surface area (Å²) in [6.45, 7) is 0.718. The van der Waals surface area contributed by atoms with Crippen LogP contribution in [0.15, 0.2) is 12.5 Å². The molecule has 0 unspecified atom stereocenters. The van der Waals surface area contributed by atoms with Gasteiger partial charge >= 0.3 is 0 Å². The molecule has 0 saturated heterocycles. The summed E-state index contributed by atoms with van der Waals surface area (Å²) in [7, 11) is 0. The highest BCUT2D eigenvalue weighted by atomic mass is 79.9. The van der Waals surface area contributed by atoms with E-state index in [0.29, 0.717) is 17.4 Å². The van der Waals surface area contributed by atoms with Crippen molar-refractivity contribution in [3.8, 4) is 0 Å². The van der Waals surface area contributed by atoms with Crippen LogP contribution in [0.5, 0.6) is 0 Å². The number of nitrogens with one attached hydrogen (secondary N) is 2. The van der Waals surface area contributed by atoms with Crippen molar-refractivity contribution in [2.75, 3.05) is 11.9 Å². The maximum Gasteiger partial charge on any atom is 0.228 e. The number of H-pyrrole nitrogens is 1. The normalized spacial score (nSPS) is 19.9. The first-order chi connectivity index (χ1) is 9.78.